The zero-order valence-corrected chi connectivity index (χ0v) is 17.0. The topological polar surface area (TPSA) is 55.8 Å². The summed E-state index contributed by atoms with van der Waals surface area (Å²) in [6, 6.07) is 4.15. The lowest BCUT2D eigenvalue weighted by Gasteiger charge is -2.32. The van der Waals surface area contributed by atoms with Crippen LogP contribution >= 0.6 is 0 Å². The maximum atomic E-state index is 11.6. The molecule has 0 amide bonds. The molecule has 1 aliphatic carbocycles. The Balaban J connectivity index is 2.53. The molecule has 1 aromatic rings. The third-order valence-corrected chi connectivity index (χ3v) is 5.45. The first-order valence-corrected chi connectivity index (χ1v) is 9.77. The van der Waals surface area contributed by atoms with E-state index in [0.29, 0.717) is 12.0 Å². The standard InChI is InChI=1S/C23H32O4/c1-6-7-8-9-16-12-20(26-4)22(21(13-16)27-5)19-14-17(23(24)25)10-11-18(19)15(2)3/h12-14,18-19H,2,6-11H2,1,3-5H3,(H,24,25)/t18-,19+/m1/s1. The number of carboxylic acid groups (broad SMARTS) is 1. The number of allylic oxidation sites excluding steroid dienone is 2. The highest BCUT2D eigenvalue weighted by Gasteiger charge is 2.33. The van der Waals surface area contributed by atoms with E-state index >= 15 is 0 Å². The van der Waals surface area contributed by atoms with Gasteiger partial charge in [-0.2, -0.15) is 0 Å². The molecule has 2 atom stereocenters. The first kappa shape index (κ1) is 21.1. The molecule has 1 aromatic carbocycles. The van der Waals surface area contributed by atoms with Crippen molar-refractivity contribution in [1.29, 1.82) is 0 Å². The summed E-state index contributed by atoms with van der Waals surface area (Å²) in [5, 5.41) is 9.49. The number of methoxy groups -OCH3 is 2. The van der Waals surface area contributed by atoms with Gasteiger partial charge in [0.15, 0.2) is 0 Å². The molecular weight excluding hydrogens is 340 g/mol. The maximum Gasteiger partial charge on any atom is 0.331 e. The van der Waals surface area contributed by atoms with Crippen molar-refractivity contribution in [2.75, 3.05) is 14.2 Å². The van der Waals surface area contributed by atoms with E-state index in [2.05, 4.69) is 25.6 Å². The van der Waals surface area contributed by atoms with Gasteiger partial charge in [0.2, 0.25) is 0 Å². The lowest BCUT2D eigenvalue weighted by atomic mass is 9.73. The van der Waals surface area contributed by atoms with Gasteiger partial charge in [0, 0.05) is 17.1 Å². The Morgan fingerprint density at radius 3 is 2.33 bits per heavy atom. The number of unbranched alkanes of at least 4 members (excludes halogenated alkanes) is 2. The summed E-state index contributed by atoms with van der Waals surface area (Å²) >= 11 is 0. The smallest absolute Gasteiger partial charge is 0.331 e. The van der Waals surface area contributed by atoms with E-state index in [0.717, 1.165) is 41.9 Å². The summed E-state index contributed by atoms with van der Waals surface area (Å²) in [4.78, 5) is 11.6. The molecule has 0 saturated heterocycles. The zero-order chi connectivity index (χ0) is 20.0. The fourth-order valence-corrected chi connectivity index (χ4v) is 3.97. The van der Waals surface area contributed by atoms with Gasteiger partial charge < -0.3 is 14.6 Å². The van der Waals surface area contributed by atoms with Crippen molar-refractivity contribution < 1.29 is 19.4 Å². The number of hydrogen-bond acceptors (Lipinski definition) is 3. The van der Waals surface area contributed by atoms with E-state index in [1.807, 2.05) is 13.0 Å². The molecule has 148 valence electrons. The molecule has 1 aliphatic rings. The van der Waals surface area contributed by atoms with Crippen molar-refractivity contribution in [3.8, 4) is 11.5 Å². The molecule has 2 rings (SSSR count). The van der Waals surface area contributed by atoms with Crippen LogP contribution in [-0.4, -0.2) is 25.3 Å². The van der Waals surface area contributed by atoms with Crippen LogP contribution in [0.15, 0.2) is 35.9 Å². The fraction of sp³-hybridized carbons (Fsp3) is 0.522. The predicted octanol–water partition coefficient (Wildman–Crippen LogP) is 5.52. The molecule has 0 saturated carbocycles. The normalized spacial score (nSPS) is 19.3. The van der Waals surface area contributed by atoms with Gasteiger partial charge >= 0.3 is 5.97 Å². The summed E-state index contributed by atoms with van der Waals surface area (Å²) in [6.45, 7) is 8.35. The minimum atomic E-state index is -0.853. The predicted molar refractivity (Wildman–Crippen MR) is 109 cm³/mol. The minimum Gasteiger partial charge on any atom is -0.496 e. The van der Waals surface area contributed by atoms with Crippen LogP contribution in [0.5, 0.6) is 11.5 Å². The molecule has 0 heterocycles. The zero-order valence-electron chi connectivity index (χ0n) is 17.0. The number of carbonyl (C=O) groups is 1. The SMILES string of the molecule is C=C(C)[C@H]1CCC(C(=O)O)=C[C@@H]1c1c(OC)cc(CCCCC)cc1OC. The third-order valence-electron chi connectivity index (χ3n) is 5.45. The van der Waals surface area contributed by atoms with Gasteiger partial charge in [-0.1, -0.05) is 38.0 Å². The quantitative estimate of drug-likeness (QED) is 0.458. The highest BCUT2D eigenvalue weighted by Crippen LogP contribution is 2.47. The Labute approximate surface area is 162 Å². The van der Waals surface area contributed by atoms with Crippen LogP contribution in [0.3, 0.4) is 0 Å². The summed E-state index contributed by atoms with van der Waals surface area (Å²) in [5.41, 5.74) is 3.61. The van der Waals surface area contributed by atoms with Crippen molar-refractivity contribution in [3.63, 3.8) is 0 Å². The summed E-state index contributed by atoms with van der Waals surface area (Å²) in [5.74, 6) is 0.730. The molecular formula is C23H32O4. The number of hydrogen-bond donors (Lipinski definition) is 1. The second-order valence-corrected chi connectivity index (χ2v) is 7.39. The molecule has 4 heteroatoms. The Morgan fingerprint density at radius 1 is 1.22 bits per heavy atom. The molecule has 0 aromatic heterocycles. The first-order chi connectivity index (χ1) is 12.9. The van der Waals surface area contributed by atoms with Gasteiger partial charge in [-0.3, -0.25) is 0 Å². The van der Waals surface area contributed by atoms with E-state index in [4.69, 9.17) is 9.47 Å². The summed E-state index contributed by atoms with van der Waals surface area (Å²) in [7, 11) is 3.32. The molecule has 0 bridgehead atoms. The Bertz CT molecular complexity index is 692. The average molecular weight is 373 g/mol. The molecule has 0 unspecified atom stereocenters. The molecule has 0 fully saturated rings. The van der Waals surface area contributed by atoms with Crippen molar-refractivity contribution in [3.05, 3.63) is 47.1 Å². The van der Waals surface area contributed by atoms with E-state index in [9.17, 15) is 9.90 Å². The van der Waals surface area contributed by atoms with Crippen LogP contribution in [0.1, 0.15) is 63.0 Å². The molecule has 4 nitrogen and oxygen atoms in total. The van der Waals surface area contributed by atoms with Gasteiger partial charge in [0.25, 0.3) is 0 Å². The minimum absolute atomic E-state index is 0.114. The van der Waals surface area contributed by atoms with Gasteiger partial charge in [-0.25, -0.2) is 4.79 Å². The van der Waals surface area contributed by atoms with E-state index < -0.39 is 5.97 Å². The maximum absolute atomic E-state index is 11.6. The fourth-order valence-electron chi connectivity index (χ4n) is 3.97. The molecule has 0 spiro atoms. The largest absolute Gasteiger partial charge is 0.496 e. The third kappa shape index (κ3) is 4.94. The Kier molecular flexibility index (Phi) is 7.52. The number of ether oxygens (including phenoxy) is 2. The Morgan fingerprint density at radius 2 is 1.85 bits per heavy atom. The lowest BCUT2D eigenvalue weighted by molar-refractivity contribution is -0.132. The lowest BCUT2D eigenvalue weighted by Crippen LogP contribution is -2.21. The van der Waals surface area contributed by atoms with Crippen LogP contribution in [0.4, 0.5) is 0 Å². The van der Waals surface area contributed by atoms with E-state index in [1.165, 1.54) is 18.4 Å². The molecule has 0 radical (unpaired) electrons. The number of carboxylic acids is 1. The molecule has 0 aliphatic heterocycles. The van der Waals surface area contributed by atoms with Gasteiger partial charge in [0.1, 0.15) is 11.5 Å². The second-order valence-electron chi connectivity index (χ2n) is 7.39. The number of aryl methyl sites for hydroxylation is 1. The second kappa shape index (κ2) is 9.63. The monoisotopic (exact) mass is 372 g/mol. The summed E-state index contributed by atoms with van der Waals surface area (Å²) < 4.78 is 11.5. The number of rotatable bonds is 9. The van der Waals surface area contributed by atoms with Crippen molar-refractivity contribution in [2.45, 2.75) is 58.3 Å². The first-order valence-electron chi connectivity index (χ1n) is 9.77. The highest BCUT2D eigenvalue weighted by atomic mass is 16.5. The average Bonchev–Trinajstić information content (AvgIpc) is 2.66. The molecule has 1 N–H and O–H groups in total. The Hall–Kier alpha value is -2.23. The van der Waals surface area contributed by atoms with Crippen molar-refractivity contribution in [1.82, 2.24) is 0 Å². The van der Waals surface area contributed by atoms with Crippen molar-refractivity contribution >= 4 is 5.97 Å². The number of aliphatic carboxylic acids is 1. The summed E-state index contributed by atoms with van der Waals surface area (Å²) in [6.07, 6.45) is 7.66. The van der Waals surface area contributed by atoms with Crippen molar-refractivity contribution in [2.24, 2.45) is 5.92 Å². The van der Waals surface area contributed by atoms with Crippen LogP contribution in [0.25, 0.3) is 0 Å². The molecule has 27 heavy (non-hydrogen) atoms. The van der Waals surface area contributed by atoms with E-state index in [1.54, 1.807) is 14.2 Å². The van der Waals surface area contributed by atoms with E-state index in [-0.39, 0.29) is 11.8 Å². The van der Waals surface area contributed by atoms with Gasteiger partial charge in [0.05, 0.1) is 14.2 Å². The highest BCUT2D eigenvalue weighted by molar-refractivity contribution is 5.87. The van der Waals surface area contributed by atoms with Crippen LogP contribution in [0, 0.1) is 5.92 Å². The van der Waals surface area contributed by atoms with Crippen LogP contribution in [0.2, 0.25) is 0 Å². The number of benzene rings is 1. The van der Waals surface area contributed by atoms with Gasteiger partial charge in [-0.05, 0) is 56.2 Å². The van der Waals surface area contributed by atoms with Gasteiger partial charge in [-0.15, -0.1) is 0 Å². The van der Waals surface area contributed by atoms with Crippen LogP contribution in [-0.2, 0) is 11.2 Å². The van der Waals surface area contributed by atoms with Crippen LogP contribution < -0.4 is 9.47 Å².